The van der Waals surface area contributed by atoms with E-state index in [4.69, 9.17) is 4.74 Å². The fourth-order valence-corrected chi connectivity index (χ4v) is 2.69. The minimum Gasteiger partial charge on any atom is -0.377 e. The van der Waals surface area contributed by atoms with Crippen LogP contribution in [0, 0.1) is 5.92 Å². The van der Waals surface area contributed by atoms with E-state index >= 15 is 0 Å². The molecule has 0 amide bonds. The standard InChI is InChI=1S/C12H23NO/c1-10-6-7-13-11(9-10)12-5-3-2-4-8-14-12/h10-13H,2-9H2,1H3/t10-,11?,12?/m0/s1. The number of nitrogens with one attached hydrogen (secondary N) is 1. The first kappa shape index (κ1) is 10.4. The molecule has 2 unspecified atom stereocenters. The van der Waals surface area contributed by atoms with Gasteiger partial charge in [0.05, 0.1) is 6.10 Å². The summed E-state index contributed by atoms with van der Waals surface area (Å²) in [6.45, 7) is 4.54. The molecule has 2 saturated heterocycles. The van der Waals surface area contributed by atoms with Crippen molar-refractivity contribution in [2.24, 2.45) is 5.92 Å². The van der Waals surface area contributed by atoms with E-state index in [2.05, 4.69) is 12.2 Å². The van der Waals surface area contributed by atoms with Crippen LogP contribution >= 0.6 is 0 Å². The molecule has 0 aromatic carbocycles. The van der Waals surface area contributed by atoms with Crippen LogP contribution in [-0.2, 0) is 4.74 Å². The summed E-state index contributed by atoms with van der Waals surface area (Å²) in [7, 11) is 0. The van der Waals surface area contributed by atoms with Crippen molar-refractivity contribution < 1.29 is 4.74 Å². The van der Waals surface area contributed by atoms with E-state index in [0.29, 0.717) is 12.1 Å². The Balaban J connectivity index is 1.85. The molecule has 2 aliphatic heterocycles. The third-order valence-electron chi connectivity index (χ3n) is 3.61. The van der Waals surface area contributed by atoms with Gasteiger partial charge in [-0.15, -0.1) is 0 Å². The number of hydrogen-bond acceptors (Lipinski definition) is 2. The van der Waals surface area contributed by atoms with Gasteiger partial charge < -0.3 is 10.1 Å². The van der Waals surface area contributed by atoms with Crippen molar-refractivity contribution in [3.05, 3.63) is 0 Å². The van der Waals surface area contributed by atoms with Gasteiger partial charge in [-0.05, 0) is 38.1 Å². The maximum Gasteiger partial charge on any atom is 0.0728 e. The maximum atomic E-state index is 5.93. The molecular formula is C12H23NO. The Kier molecular flexibility index (Phi) is 3.82. The van der Waals surface area contributed by atoms with Crippen molar-refractivity contribution in [1.82, 2.24) is 5.32 Å². The minimum absolute atomic E-state index is 0.500. The summed E-state index contributed by atoms with van der Waals surface area (Å²) >= 11 is 0. The summed E-state index contributed by atoms with van der Waals surface area (Å²) in [6, 6.07) is 0.636. The van der Waals surface area contributed by atoms with Crippen molar-refractivity contribution in [2.75, 3.05) is 13.2 Å². The molecule has 0 saturated carbocycles. The lowest BCUT2D eigenvalue weighted by atomic mass is 9.90. The monoisotopic (exact) mass is 197 g/mol. The van der Waals surface area contributed by atoms with Gasteiger partial charge >= 0.3 is 0 Å². The zero-order valence-corrected chi connectivity index (χ0v) is 9.30. The molecule has 0 radical (unpaired) electrons. The minimum atomic E-state index is 0.500. The largest absolute Gasteiger partial charge is 0.377 e. The summed E-state index contributed by atoms with van der Waals surface area (Å²) in [5.74, 6) is 0.883. The highest BCUT2D eigenvalue weighted by Gasteiger charge is 2.27. The van der Waals surface area contributed by atoms with Gasteiger partial charge in [-0.25, -0.2) is 0 Å². The van der Waals surface area contributed by atoms with Gasteiger partial charge in [-0.3, -0.25) is 0 Å². The highest BCUT2D eigenvalue weighted by Crippen LogP contribution is 2.23. The normalized spacial score (nSPS) is 40.5. The van der Waals surface area contributed by atoms with Crippen LogP contribution in [0.15, 0.2) is 0 Å². The molecule has 2 fully saturated rings. The molecule has 0 aromatic heterocycles. The van der Waals surface area contributed by atoms with Crippen molar-refractivity contribution in [1.29, 1.82) is 0 Å². The van der Waals surface area contributed by atoms with Gasteiger partial charge in [0, 0.05) is 12.6 Å². The lowest BCUT2D eigenvalue weighted by molar-refractivity contribution is 0.0186. The zero-order chi connectivity index (χ0) is 9.80. The van der Waals surface area contributed by atoms with Crippen LogP contribution in [0.1, 0.15) is 45.4 Å². The van der Waals surface area contributed by atoms with Crippen LogP contribution in [0.5, 0.6) is 0 Å². The molecule has 2 aliphatic rings. The Morgan fingerprint density at radius 2 is 2.07 bits per heavy atom. The molecule has 3 atom stereocenters. The van der Waals surface area contributed by atoms with Gasteiger partial charge in [0.15, 0.2) is 0 Å². The van der Waals surface area contributed by atoms with E-state index in [9.17, 15) is 0 Å². The summed E-state index contributed by atoms with van der Waals surface area (Å²) in [6.07, 6.45) is 8.40. The molecule has 2 nitrogen and oxygen atoms in total. The van der Waals surface area contributed by atoms with Crippen LogP contribution in [0.3, 0.4) is 0 Å². The number of hydrogen-bond donors (Lipinski definition) is 1. The summed E-state index contributed by atoms with van der Waals surface area (Å²) in [4.78, 5) is 0. The van der Waals surface area contributed by atoms with Crippen LogP contribution in [-0.4, -0.2) is 25.3 Å². The topological polar surface area (TPSA) is 21.3 Å². The third kappa shape index (κ3) is 2.71. The molecule has 0 spiro atoms. The van der Waals surface area contributed by atoms with E-state index in [1.54, 1.807) is 0 Å². The first-order chi connectivity index (χ1) is 6.86. The fraction of sp³-hybridized carbons (Fsp3) is 1.00. The van der Waals surface area contributed by atoms with Gasteiger partial charge in [0.1, 0.15) is 0 Å². The van der Waals surface area contributed by atoms with Gasteiger partial charge in [0.25, 0.3) is 0 Å². The summed E-state index contributed by atoms with van der Waals surface area (Å²) in [5, 5.41) is 3.62. The molecule has 14 heavy (non-hydrogen) atoms. The molecule has 2 heterocycles. The molecular weight excluding hydrogens is 174 g/mol. The van der Waals surface area contributed by atoms with E-state index in [1.807, 2.05) is 0 Å². The smallest absolute Gasteiger partial charge is 0.0728 e. The Morgan fingerprint density at radius 3 is 2.93 bits per heavy atom. The van der Waals surface area contributed by atoms with Crippen LogP contribution in [0.25, 0.3) is 0 Å². The van der Waals surface area contributed by atoms with Crippen LogP contribution in [0.4, 0.5) is 0 Å². The quantitative estimate of drug-likeness (QED) is 0.696. The predicted octanol–water partition coefficient (Wildman–Crippen LogP) is 2.33. The first-order valence-electron chi connectivity index (χ1n) is 6.21. The Labute approximate surface area is 87.4 Å². The van der Waals surface area contributed by atoms with E-state index in [0.717, 1.165) is 12.5 Å². The first-order valence-corrected chi connectivity index (χ1v) is 6.21. The number of rotatable bonds is 1. The van der Waals surface area contributed by atoms with Crippen molar-refractivity contribution in [3.63, 3.8) is 0 Å². The van der Waals surface area contributed by atoms with Gasteiger partial charge in [-0.1, -0.05) is 19.8 Å². The lowest BCUT2D eigenvalue weighted by Gasteiger charge is -2.33. The molecule has 0 bridgehead atoms. The Morgan fingerprint density at radius 1 is 1.14 bits per heavy atom. The zero-order valence-electron chi connectivity index (χ0n) is 9.30. The number of ether oxygens (including phenoxy) is 1. The predicted molar refractivity (Wildman–Crippen MR) is 58.4 cm³/mol. The molecule has 0 aliphatic carbocycles. The van der Waals surface area contributed by atoms with Crippen molar-refractivity contribution >= 4 is 0 Å². The molecule has 82 valence electrons. The van der Waals surface area contributed by atoms with Crippen molar-refractivity contribution in [3.8, 4) is 0 Å². The average Bonchev–Trinajstić information content (AvgIpc) is 2.45. The highest BCUT2D eigenvalue weighted by atomic mass is 16.5. The summed E-state index contributed by atoms with van der Waals surface area (Å²) < 4.78 is 5.93. The highest BCUT2D eigenvalue weighted by molar-refractivity contribution is 4.84. The van der Waals surface area contributed by atoms with Crippen LogP contribution < -0.4 is 5.32 Å². The maximum absolute atomic E-state index is 5.93. The lowest BCUT2D eigenvalue weighted by Crippen LogP contribution is -2.46. The van der Waals surface area contributed by atoms with Gasteiger partial charge in [0.2, 0.25) is 0 Å². The van der Waals surface area contributed by atoms with Crippen molar-refractivity contribution in [2.45, 2.75) is 57.6 Å². The second kappa shape index (κ2) is 5.13. The third-order valence-corrected chi connectivity index (χ3v) is 3.61. The van der Waals surface area contributed by atoms with E-state index in [1.165, 1.54) is 45.1 Å². The van der Waals surface area contributed by atoms with Crippen LogP contribution in [0.2, 0.25) is 0 Å². The Hall–Kier alpha value is -0.0800. The van der Waals surface area contributed by atoms with E-state index < -0.39 is 0 Å². The second-order valence-electron chi connectivity index (χ2n) is 4.95. The molecule has 0 aromatic rings. The SMILES string of the molecule is C[C@H]1CCNC(C2CCCCCO2)C1. The van der Waals surface area contributed by atoms with Gasteiger partial charge in [-0.2, -0.15) is 0 Å². The number of piperidine rings is 1. The van der Waals surface area contributed by atoms with E-state index in [-0.39, 0.29) is 0 Å². The molecule has 2 rings (SSSR count). The average molecular weight is 197 g/mol. The second-order valence-corrected chi connectivity index (χ2v) is 4.95. The fourth-order valence-electron chi connectivity index (χ4n) is 2.69. The molecule has 1 N–H and O–H groups in total. The molecule has 2 heteroatoms. The Bertz CT molecular complexity index is 164. The summed E-state index contributed by atoms with van der Waals surface area (Å²) in [5.41, 5.74) is 0.